The van der Waals surface area contributed by atoms with Gasteiger partial charge in [-0.2, -0.15) is 5.10 Å². The van der Waals surface area contributed by atoms with Gasteiger partial charge in [-0.15, -0.1) is 0 Å². The van der Waals surface area contributed by atoms with E-state index in [2.05, 4.69) is 27.0 Å². The molecule has 1 N–H and O–H groups in total. The molecule has 0 saturated carbocycles. The quantitative estimate of drug-likeness (QED) is 0.879. The van der Waals surface area contributed by atoms with Crippen LogP contribution in [-0.2, 0) is 0 Å². The molecule has 3 rings (SSSR count). The Kier molecular flexibility index (Phi) is 4.19. The lowest BCUT2D eigenvalue weighted by atomic mass is 10.2. The van der Waals surface area contributed by atoms with Crippen LogP contribution in [0.5, 0.6) is 0 Å². The Hall–Kier alpha value is -1.11. The Balaban J connectivity index is 1.62. The van der Waals surface area contributed by atoms with Gasteiger partial charge in [-0.1, -0.05) is 11.6 Å². The van der Waals surface area contributed by atoms with Gasteiger partial charge in [0.1, 0.15) is 0 Å². The summed E-state index contributed by atoms with van der Waals surface area (Å²) in [5.74, 6) is -0.0547. The van der Waals surface area contributed by atoms with Crippen molar-refractivity contribution in [1.82, 2.24) is 24.9 Å². The summed E-state index contributed by atoms with van der Waals surface area (Å²) in [4.78, 5) is 19.2. The summed E-state index contributed by atoms with van der Waals surface area (Å²) in [7, 11) is 2.16. The van der Waals surface area contributed by atoms with E-state index in [0.29, 0.717) is 16.8 Å². The predicted molar refractivity (Wildman–Crippen MR) is 81.7 cm³/mol. The van der Waals surface area contributed by atoms with Crippen LogP contribution in [0.25, 0.3) is 0 Å². The summed E-state index contributed by atoms with van der Waals surface area (Å²) in [6, 6.07) is 0.474. The van der Waals surface area contributed by atoms with Crippen LogP contribution in [0.1, 0.15) is 22.6 Å². The molecule has 1 amide bonds. The number of aromatic nitrogens is 2. The van der Waals surface area contributed by atoms with Gasteiger partial charge >= 0.3 is 0 Å². The van der Waals surface area contributed by atoms with E-state index in [1.807, 2.05) is 11.8 Å². The molecule has 21 heavy (non-hydrogen) atoms. The molecular formula is C14H22ClN5O. The zero-order chi connectivity index (χ0) is 15.0. The topological polar surface area (TPSA) is 55.5 Å². The molecule has 0 aliphatic carbocycles. The Morgan fingerprint density at radius 1 is 1.29 bits per heavy atom. The minimum absolute atomic E-state index is 0.0547. The summed E-state index contributed by atoms with van der Waals surface area (Å²) in [6.45, 7) is 7.78. The standard InChI is InChI=1S/C14H22ClN5O/c1-10-12(15)13(17-16-10)14(21)20-4-3-11(9-20)19-7-5-18(2)6-8-19/h11H,3-9H2,1-2H3,(H,16,17)/t11-/m1/s1. The molecular weight excluding hydrogens is 290 g/mol. The number of H-pyrrole nitrogens is 1. The first-order chi connectivity index (χ1) is 10.1. The fourth-order valence-electron chi connectivity index (χ4n) is 3.12. The third kappa shape index (κ3) is 2.93. The molecule has 116 valence electrons. The molecule has 2 fully saturated rings. The average molecular weight is 312 g/mol. The van der Waals surface area contributed by atoms with Crippen LogP contribution < -0.4 is 0 Å². The smallest absolute Gasteiger partial charge is 0.275 e. The van der Waals surface area contributed by atoms with E-state index in [-0.39, 0.29) is 5.91 Å². The van der Waals surface area contributed by atoms with E-state index in [1.54, 1.807) is 0 Å². The highest BCUT2D eigenvalue weighted by atomic mass is 35.5. The Morgan fingerprint density at radius 3 is 2.62 bits per heavy atom. The second-order valence-electron chi connectivity index (χ2n) is 6.04. The number of aromatic amines is 1. The van der Waals surface area contributed by atoms with E-state index < -0.39 is 0 Å². The van der Waals surface area contributed by atoms with Crippen molar-refractivity contribution in [3.8, 4) is 0 Å². The van der Waals surface area contributed by atoms with E-state index in [9.17, 15) is 4.79 Å². The van der Waals surface area contributed by atoms with Crippen LogP contribution in [-0.4, -0.2) is 83.2 Å². The van der Waals surface area contributed by atoms with Gasteiger partial charge in [0.15, 0.2) is 5.69 Å². The van der Waals surface area contributed by atoms with Crippen molar-refractivity contribution in [2.24, 2.45) is 0 Å². The highest BCUT2D eigenvalue weighted by Crippen LogP contribution is 2.23. The molecule has 3 heterocycles. The minimum atomic E-state index is -0.0547. The van der Waals surface area contributed by atoms with Gasteiger partial charge < -0.3 is 9.80 Å². The van der Waals surface area contributed by atoms with Crippen molar-refractivity contribution in [1.29, 1.82) is 0 Å². The summed E-state index contributed by atoms with van der Waals surface area (Å²) in [6.07, 6.45) is 1.04. The zero-order valence-electron chi connectivity index (χ0n) is 12.6. The summed E-state index contributed by atoms with van der Waals surface area (Å²) >= 11 is 6.13. The summed E-state index contributed by atoms with van der Waals surface area (Å²) in [5, 5.41) is 7.26. The molecule has 0 bridgehead atoms. The van der Waals surface area contributed by atoms with Crippen molar-refractivity contribution < 1.29 is 4.79 Å². The number of carbonyl (C=O) groups is 1. The number of aryl methyl sites for hydroxylation is 1. The van der Waals surface area contributed by atoms with Gasteiger partial charge in [-0.25, -0.2) is 0 Å². The van der Waals surface area contributed by atoms with Gasteiger partial charge in [0.25, 0.3) is 5.91 Å². The SMILES string of the molecule is Cc1[nH]nc(C(=O)N2CC[C@@H](N3CCN(C)CC3)C2)c1Cl. The van der Waals surface area contributed by atoms with Crippen LogP contribution in [0.4, 0.5) is 0 Å². The van der Waals surface area contributed by atoms with Crippen LogP contribution in [0.15, 0.2) is 0 Å². The molecule has 1 aromatic heterocycles. The van der Waals surface area contributed by atoms with Crippen LogP contribution in [0.2, 0.25) is 5.02 Å². The minimum Gasteiger partial charge on any atom is -0.336 e. The molecule has 0 unspecified atom stereocenters. The lowest BCUT2D eigenvalue weighted by molar-refractivity contribution is 0.0750. The van der Waals surface area contributed by atoms with Crippen molar-refractivity contribution in [3.05, 3.63) is 16.4 Å². The average Bonchev–Trinajstić information content (AvgIpc) is 3.08. The molecule has 0 spiro atoms. The van der Waals surface area contributed by atoms with Crippen LogP contribution in [0.3, 0.4) is 0 Å². The number of rotatable bonds is 2. The van der Waals surface area contributed by atoms with Crippen molar-refractivity contribution >= 4 is 17.5 Å². The van der Waals surface area contributed by atoms with Crippen LogP contribution >= 0.6 is 11.6 Å². The largest absolute Gasteiger partial charge is 0.336 e. The summed E-state index contributed by atoms with van der Waals surface area (Å²) in [5.41, 5.74) is 1.10. The first-order valence-electron chi connectivity index (χ1n) is 7.48. The number of piperazine rings is 1. The molecule has 1 atom stereocenters. The summed E-state index contributed by atoms with van der Waals surface area (Å²) < 4.78 is 0. The molecule has 1 aromatic rings. The molecule has 0 radical (unpaired) electrons. The number of likely N-dealkylation sites (tertiary alicyclic amines) is 1. The number of carbonyl (C=O) groups excluding carboxylic acids is 1. The molecule has 7 heteroatoms. The Morgan fingerprint density at radius 2 is 2.00 bits per heavy atom. The zero-order valence-corrected chi connectivity index (χ0v) is 13.4. The maximum absolute atomic E-state index is 12.5. The number of hydrogen-bond acceptors (Lipinski definition) is 4. The van der Waals surface area contributed by atoms with Gasteiger partial charge in [-0.05, 0) is 20.4 Å². The van der Waals surface area contributed by atoms with E-state index in [0.717, 1.165) is 51.4 Å². The van der Waals surface area contributed by atoms with Gasteiger partial charge in [-0.3, -0.25) is 14.8 Å². The van der Waals surface area contributed by atoms with Crippen molar-refractivity contribution in [3.63, 3.8) is 0 Å². The van der Waals surface area contributed by atoms with Crippen LogP contribution in [0, 0.1) is 6.92 Å². The third-order valence-electron chi connectivity index (χ3n) is 4.58. The normalized spacial score (nSPS) is 24.7. The monoisotopic (exact) mass is 311 g/mol. The first kappa shape index (κ1) is 14.8. The lowest BCUT2D eigenvalue weighted by Crippen LogP contribution is -2.50. The first-order valence-corrected chi connectivity index (χ1v) is 7.86. The molecule has 2 aliphatic rings. The number of hydrogen-bond donors (Lipinski definition) is 1. The number of nitrogens with zero attached hydrogens (tertiary/aromatic N) is 4. The third-order valence-corrected chi connectivity index (χ3v) is 5.04. The molecule has 2 saturated heterocycles. The van der Waals surface area contributed by atoms with E-state index in [4.69, 9.17) is 11.6 Å². The number of halogens is 1. The Bertz CT molecular complexity index is 523. The number of likely N-dealkylation sites (N-methyl/N-ethyl adjacent to an activating group) is 1. The van der Waals surface area contributed by atoms with Crippen molar-refractivity contribution in [2.45, 2.75) is 19.4 Å². The molecule has 0 aromatic carbocycles. The lowest BCUT2D eigenvalue weighted by Gasteiger charge is -2.36. The van der Waals surface area contributed by atoms with E-state index >= 15 is 0 Å². The maximum Gasteiger partial charge on any atom is 0.275 e. The van der Waals surface area contributed by atoms with E-state index in [1.165, 1.54) is 0 Å². The molecule has 2 aliphatic heterocycles. The van der Waals surface area contributed by atoms with Gasteiger partial charge in [0.2, 0.25) is 0 Å². The second kappa shape index (κ2) is 5.94. The maximum atomic E-state index is 12.5. The highest BCUT2D eigenvalue weighted by molar-refractivity contribution is 6.34. The highest BCUT2D eigenvalue weighted by Gasteiger charge is 2.33. The molecule has 6 nitrogen and oxygen atoms in total. The Labute approximate surface area is 130 Å². The number of amides is 1. The number of nitrogens with one attached hydrogen (secondary N) is 1. The van der Waals surface area contributed by atoms with Crippen molar-refractivity contribution in [2.75, 3.05) is 46.3 Å². The second-order valence-corrected chi connectivity index (χ2v) is 6.42. The fraction of sp³-hybridized carbons (Fsp3) is 0.714. The van der Waals surface area contributed by atoms with Gasteiger partial charge in [0.05, 0.1) is 10.7 Å². The predicted octanol–water partition coefficient (Wildman–Crippen LogP) is 0.833. The van der Waals surface area contributed by atoms with Gasteiger partial charge in [0, 0.05) is 45.3 Å². The fourth-order valence-corrected chi connectivity index (χ4v) is 3.28.